The molecule has 2 aromatic carbocycles. The summed E-state index contributed by atoms with van der Waals surface area (Å²) in [7, 11) is 0. The van der Waals surface area contributed by atoms with Crippen molar-refractivity contribution in [3.63, 3.8) is 0 Å². The molecule has 0 spiro atoms. The van der Waals surface area contributed by atoms with Crippen molar-refractivity contribution in [3.05, 3.63) is 45.5 Å². The summed E-state index contributed by atoms with van der Waals surface area (Å²) in [4.78, 5) is 0. The van der Waals surface area contributed by atoms with E-state index in [0.29, 0.717) is 0 Å². The monoisotopic (exact) mass is 335 g/mol. The van der Waals surface area contributed by atoms with E-state index in [9.17, 15) is 0 Å². The molecule has 0 radical (unpaired) electrons. The fraction of sp³-hybridized carbons (Fsp3) is 0. The topological polar surface area (TPSA) is 23.8 Å². The number of thiophene rings is 1. The molecule has 16 heavy (non-hydrogen) atoms. The van der Waals surface area contributed by atoms with Crippen LogP contribution in [0.3, 0.4) is 0 Å². The van der Waals surface area contributed by atoms with Gasteiger partial charge < -0.3 is 0 Å². The van der Waals surface area contributed by atoms with Crippen molar-refractivity contribution in [2.45, 2.75) is 0 Å². The number of hydrogen-bond donors (Lipinski definition) is 0. The van der Waals surface area contributed by atoms with Crippen LogP contribution < -0.4 is 0 Å². The summed E-state index contributed by atoms with van der Waals surface area (Å²) >= 11 is 4.11. The van der Waals surface area contributed by atoms with Gasteiger partial charge in [-0.05, 0) is 46.9 Å². The van der Waals surface area contributed by atoms with Crippen molar-refractivity contribution < 1.29 is 0 Å². The first-order valence-corrected chi connectivity index (χ1v) is 6.70. The zero-order valence-electron chi connectivity index (χ0n) is 8.20. The van der Waals surface area contributed by atoms with Crippen LogP contribution in [0.2, 0.25) is 0 Å². The number of hydrogen-bond acceptors (Lipinski definition) is 2. The van der Waals surface area contributed by atoms with Crippen LogP contribution in [-0.4, -0.2) is 0 Å². The molecule has 3 rings (SSSR count). The maximum absolute atomic E-state index is 8.88. The molecule has 0 aliphatic rings. The van der Waals surface area contributed by atoms with Gasteiger partial charge in [0.15, 0.2) is 0 Å². The van der Waals surface area contributed by atoms with Crippen LogP contribution in [0.15, 0.2) is 36.4 Å². The summed E-state index contributed by atoms with van der Waals surface area (Å²) in [6.45, 7) is 0. The minimum atomic E-state index is 0.731. The van der Waals surface area contributed by atoms with Crippen LogP contribution in [-0.2, 0) is 0 Å². The van der Waals surface area contributed by atoms with E-state index >= 15 is 0 Å². The zero-order chi connectivity index (χ0) is 11.1. The Hall–Kier alpha value is -1.12. The Balaban J connectivity index is 2.53. The number of rotatable bonds is 0. The Morgan fingerprint density at radius 2 is 2.00 bits per heavy atom. The van der Waals surface area contributed by atoms with Gasteiger partial charge >= 0.3 is 0 Å². The second-order valence-electron chi connectivity index (χ2n) is 3.54. The summed E-state index contributed by atoms with van der Waals surface area (Å²) < 4.78 is 3.75. The lowest BCUT2D eigenvalue weighted by molar-refractivity contribution is 1.50. The number of nitrogens with zero attached hydrogens (tertiary/aromatic N) is 1. The number of fused-ring (bicyclic) bond motifs is 3. The lowest BCUT2D eigenvalue weighted by Gasteiger charge is -1.94. The molecule has 1 nitrogen and oxygen atoms in total. The maximum atomic E-state index is 8.88. The number of benzene rings is 2. The highest BCUT2D eigenvalue weighted by atomic mass is 127. The molecule has 0 saturated carbocycles. The molecule has 0 amide bonds. The second-order valence-corrected chi connectivity index (χ2v) is 5.78. The third-order valence-electron chi connectivity index (χ3n) is 2.58. The first kappa shape index (κ1) is 10.1. The maximum Gasteiger partial charge on any atom is 0.0992 e. The molecule has 3 aromatic rings. The summed E-state index contributed by atoms with van der Waals surface area (Å²) in [6, 6.07) is 14.4. The molecular formula is C13H6INS. The number of nitriles is 1. The molecule has 0 fully saturated rings. The second kappa shape index (κ2) is 3.72. The lowest BCUT2D eigenvalue weighted by Crippen LogP contribution is -1.74. The fourth-order valence-electron chi connectivity index (χ4n) is 1.85. The van der Waals surface area contributed by atoms with E-state index in [1.807, 2.05) is 12.1 Å². The fourth-order valence-corrected chi connectivity index (χ4v) is 4.00. The van der Waals surface area contributed by atoms with Gasteiger partial charge in [0, 0.05) is 23.7 Å². The van der Waals surface area contributed by atoms with Crippen LogP contribution in [0.25, 0.3) is 20.2 Å². The van der Waals surface area contributed by atoms with E-state index in [-0.39, 0.29) is 0 Å². The van der Waals surface area contributed by atoms with Crippen LogP contribution >= 0.6 is 33.9 Å². The molecule has 0 bridgehead atoms. The van der Waals surface area contributed by atoms with E-state index < -0.39 is 0 Å². The van der Waals surface area contributed by atoms with Gasteiger partial charge in [-0.2, -0.15) is 5.26 Å². The van der Waals surface area contributed by atoms with Gasteiger partial charge in [0.2, 0.25) is 0 Å². The summed E-state index contributed by atoms with van der Waals surface area (Å²) in [5.74, 6) is 0. The SMILES string of the molecule is N#Cc1ccc2c(c1)sc1cccc(I)c12. The highest BCUT2D eigenvalue weighted by Crippen LogP contribution is 2.36. The third kappa shape index (κ3) is 1.41. The van der Waals surface area contributed by atoms with E-state index in [1.165, 1.54) is 23.7 Å². The molecule has 3 heteroatoms. The quantitative estimate of drug-likeness (QED) is 0.554. The minimum absolute atomic E-state index is 0.731. The van der Waals surface area contributed by atoms with Gasteiger partial charge in [-0.25, -0.2) is 0 Å². The van der Waals surface area contributed by atoms with Crippen molar-refractivity contribution in [2.75, 3.05) is 0 Å². The Morgan fingerprint density at radius 3 is 2.81 bits per heavy atom. The van der Waals surface area contributed by atoms with E-state index in [4.69, 9.17) is 5.26 Å². The Labute approximate surface area is 110 Å². The molecule has 0 aliphatic heterocycles. The molecule has 0 N–H and O–H groups in total. The molecule has 0 saturated heterocycles. The van der Waals surface area contributed by atoms with Crippen LogP contribution in [0.4, 0.5) is 0 Å². The van der Waals surface area contributed by atoms with Crippen molar-refractivity contribution >= 4 is 54.1 Å². The Kier molecular flexibility index (Phi) is 2.34. The highest BCUT2D eigenvalue weighted by molar-refractivity contribution is 14.1. The standard InChI is InChI=1S/C13H6INS/c14-10-2-1-3-11-13(10)9-5-4-8(7-15)6-12(9)16-11/h1-6H. The highest BCUT2D eigenvalue weighted by Gasteiger charge is 2.07. The summed E-state index contributed by atoms with van der Waals surface area (Å²) in [6.07, 6.45) is 0. The predicted molar refractivity (Wildman–Crippen MR) is 76.8 cm³/mol. The average molecular weight is 335 g/mol. The molecule has 1 heterocycles. The molecule has 76 valence electrons. The molecule has 1 aromatic heterocycles. The first-order valence-electron chi connectivity index (χ1n) is 4.80. The van der Waals surface area contributed by atoms with Crippen molar-refractivity contribution in [1.82, 2.24) is 0 Å². The summed E-state index contributed by atoms with van der Waals surface area (Å²) in [5, 5.41) is 11.4. The van der Waals surface area contributed by atoms with Crippen LogP contribution in [0, 0.1) is 14.9 Å². The van der Waals surface area contributed by atoms with E-state index in [1.54, 1.807) is 11.3 Å². The van der Waals surface area contributed by atoms with E-state index in [0.717, 1.165) is 5.56 Å². The average Bonchev–Trinajstić information content (AvgIpc) is 2.67. The normalized spacial score (nSPS) is 10.8. The van der Waals surface area contributed by atoms with Gasteiger partial charge in [-0.1, -0.05) is 12.1 Å². The van der Waals surface area contributed by atoms with Gasteiger partial charge in [0.25, 0.3) is 0 Å². The number of halogens is 1. The zero-order valence-corrected chi connectivity index (χ0v) is 11.2. The smallest absolute Gasteiger partial charge is 0.0992 e. The third-order valence-corrected chi connectivity index (χ3v) is 4.59. The van der Waals surface area contributed by atoms with Gasteiger partial charge in [0.05, 0.1) is 11.6 Å². The molecule has 0 aliphatic carbocycles. The molecule has 0 atom stereocenters. The predicted octanol–water partition coefficient (Wildman–Crippen LogP) is 4.53. The Morgan fingerprint density at radius 1 is 1.12 bits per heavy atom. The van der Waals surface area contributed by atoms with E-state index in [2.05, 4.69) is 52.9 Å². The largest absolute Gasteiger partial charge is 0.192 e. The summed E-state index contributed by atoms with van der Waals surface area (Å²) in [5.41, 5.74) is 0.731. The van der Waals surface area contributed by atoms with Gasteiger partial charge in [-0.3, -0.25) is 0 Å². The van der Waals surface area contributed by atoms with Crippen LogP contribution in [0.5, 0.6) is 0 Å². The first-order chi connectivity index (χ1) is 7.79. The van der Waals surface area contributed by atoms with Gasteiger partial charge in [-0.15, -0.1) is 11.3 Å². The van der Waals surface area contributed by atoms with Crippen LogP contribution in [0.1, 0.15) is 5.56 Å². The van der Waals surface area contributed by atoms with Crippen molar-refractivity contribution in [2.24, 2.45) is 0 Å². The van der Waals surface area contributed by atoms with Crippen molar-refractivity contribution in [3.8, 4) is 6.07 Å². The molecular weight excluding hydrogens is 329 g/mol. The Bertz CT molecular complexity index is 737. The minimum Gasteiger partial charge on any atom is -0.192 e. The lowest BCUT2D eigenvalue weighted by atomic mass is 10.1. The van der Waals surface area contributed by atoms with Gasteiger partial charge in [0.1, 0.15) is 0 Å². The van der Waals surface area contributed by atoms with Crippen molar-refractivity contribution in [1.29, 1.82) is 5.26 Å². The molecule has 0 unspecified atom stereocenters.